The molecule has 1 fully saturated rings. The highest BCUT2D eigenvalue weighted by atomic mass is 127. The van der Waals surface area contributed by atoms with Gasteiger partial charge in [-0.25, -0.2) is 13.4 Å². The molecule has 9 heteroatoms. The first-order valence-electron chi connectivity index (χ1n) is 7.99. The molecule has 1 aromatic heterocycles. The van der Waals surface area contributed by atoms with Crippen LogP contribution in [0.4, 0.5) is 0 Å². The van der Waals surface area contributed by atoms with Gasteiger partial charge in [0.15, 0.2) is 21.6 Å². The highest BCUT2D eigenvalue weighted by molar-refractivity contribution is 14.0. The molecule has 1 saturated heterocycles. The zero-order valence-corrected chi connectivity index (χ0v) is 17.8. The van der Waals surface area contributed by atoms with E-state index < -0.39 is 14.6 Å². The number of sulfone groups is 1. The Morgan fingerprint density at radius 2 is 2.17 bits per heavy atom. The Morgan fingerprint density at radius 1 is 1.46 bits per heavy atom. The van der Waals surface area contributed by atoms with Gasteiger partial charge in [-0.2, -0.15) is 0 Å². The van der Waals surface area contributed by atoms with Crippen molar-refractivity contribution in [2.24, 2.45) is 4.99 Å². The standard InChI is InChI=1S/C15H26N4O3S.HI/c1-5-12-9-13(22-18-12)10-17-14(16-6-2)19-7-8-23(20,21)15(3,4)11-19;/h9H,5-8,10-11H2,1-4H3,(H,16,17);1H. The molecule has 0 aromatic carbocycles. The molecule has 0 saturated carbocycles. The number of guanidine groups is 1. The van der Waals surface area contributed by atoms with Gasteiger partial charge in [0.05, 0.1) is 16.2 Å². The first-order valence-corrected chi connectivity index (χ1v) is 9.64. The second kappa shape index (κ2) is 8.50. The molecule has 2 heterocycles. The van der Waals surface area contributed by atoms with Crippen molar-refractivity contribution in [2.45, 2.75) is 45.4 Å². The summed E-state index contributed by atoms with van der Waals surface area (Å²) < 4.78 is 28.7. The number of aliphatic imine (C=N–C) groups is 1. The van der Waals surface area contributed by atoms with Crippen LogP contribution in [0.1, 0.15) is 39.1 Å². The summed E-state index contributed by atoms with van der Waals surface area (Å²) in [5, 5.41) is 7.18. The summed E-state index contributed by atoms with van der Waals surface area (Å²) in [7, 11) is -3.06. The van der Waals surface area contributed by atoms with Crippen LogP contribution >= 0.6 is 24.0 Å². The summed E-state index contributed by atoms with van der Waals surface area (Å²) in [5.74, 6) is 1.57. The van der Waals surface area contributed by atoms with Gasteiger partial charge in [0.25, 0.3) is 0 Å². The number of hydrogen-bond donors (Lipinski definition) is 1. The molecule has 1 N–H and O–H groups in total. The largest absolute Gasteiger partial charge is 0.359 e. The number of halogens is 1. The van der Waals surface area contributed by atoms with Crippen LogP contribution in [-0.2, 0) is 22.8 Å². The maximum Gasteiger partial charge on any atom is 0.194 e. The maximum atomic E-state index is 12.1. The summed E-state index contributed by atoms with van der Waals surface area (Å²) in [6, 6.07) is 1.90. The van der Waals surface area contributed by atoms with Crippen LogP contribution in [0.25, 0.3) is 0 Å². The predicted molar refractivity (Wildman–Crippen MR) is 106 cm³/mol. The van der Waals surface area contributed by atoms with Crippen molar-refractivity contribution in [3.05, 3.63) is 17.5 Å². The summed E-state index contributed by atoms with van der Waals surface area (Å²) in [6.07, 6.45) is 0.825. The quantitative estimate of drug-likeness (QED) is 0.411. The Morgan fingerprint density at radius 3 is 2.71 bits per heavy atom. The van der Waals surface area contributed by atoms with Gasteiger partial charge in [-0.15, -0.1) is 24.0 Å². The van der Waals surface area contributed by atoms with Crippen LogP contribution in [0.15, 0.2) is 15.6 Å². The molecule has 0 radical (unpaired) electrons. The van der Waals surface area contributed by atoms with Crippen molar-refractivity contribution in [1.29, 1.82) is 0 Å². The van der Waals surface area contributed by atoms with Gasteiger partial charge >= 0.3 is 0 Å². The molecule has 1 aliphatic rings. The first kappa shape index (κ1) is 21.2. The van der Waals surface area contributed by atoms with E-state index in [2.05, 4.69) is 15.5 Å². The average Bonchev–Trinajstić information content (AvgIpc) is 2.94. The molecule has 24 heavy (non-hydrogen) atoms. The average molecular weight is 470 g/mol. The lowest BCUT2D eigenvalue weighted by Gasteiger charge is -2.39. The summed E-state index contributed by atoms with van der Waals surface area (Å²) in [6.45, 7) is 9.53. The van der Waals surface area contributed by atoms with Crippen LogP contribution in [-0.4, -0.2) is 54.6 Å². The van der Waals surface area contributed by atoms with E-state index in [4.69, 9.17) is 4.52 Å². The van der Waals surface area contributed by atoms with Gasteiger partial charge in [-0.1, -0.05) is 12.1 Å². The molecule has 1 aromatic rings. The third-order valence-electron chi connectivity index (χ3n) is 4.03. The number of nitrogens with one attached hydrogen (secondary N) is 1. The highest BCUT2D eigenvalue weighted by Gasteiger charge is 2.40. The molecule has 0 amide bonds. The monoisotopic (exact) mass is 470 g/mol. The fraction of sp³-hybridized carbons (Fsp3) is 0.733. The van der Waals surface area contributed by atoms with Gasteiger partial charge in [0.2, 0.25) is 0 Å². The van der Waals surface area contributed by atoms with E-state index in [0.29, 0.717) is 31.4 Å². The van der Waals surface area contributed by atoms with E-state index in [0.717, 1.165) is 18.7 Å². The van der Waals surface area contributed by atoms with Gasteiger partial charge in [0.1, 0.15) is 6.54 Å². The lowest BCUT2D eigenvalue weighted by molar-refractivity contribution is 0.350. The predicted octanol–water partition coefficient (Wildman–Crippen LogP) is 1.83. The fourth-order valence-electron chi connectivity index (χ4n) is 2.50. The minimum absolute atomic E-state index is 0. The molecule has 0 spiro atoms. The topological polar surface area (TPSA) is 87.8 Å². The molecule has 0 unspecified atom stereocenters. The highest BCUT2D eigenvalue weighted by Crippen LogP contribution is 2.23. The summed E-state index contributed by atoms with van der Waals surface area (Å²) in [4.78, 5) is 6.57. The van der Waals surface area contributed by atoms with Crippen molar-refractivity contribution >= 4 is 39.8 Å². The smallest absolute Gasteiger partial charge is 0.194 e. The van der Waals surface area contributed by atoms with Gasteiger partial charge in [-0.3, -0.25) is 0 Å². The van der Waals surface area contributed by atoms with Crippen molar-refractivity contribution in [2.75, 3.05) is 25.4 Å². The Hall–Kier alpha value is -0.840. The second-order valence-corrected chi connectivity index (χ2v) is 9.05. The molecule has 7 nitrogen and oxygen atoms in total. The van der Waals surface area contributed by atoms with Gasteiger partial charge < -0.3 is 14.7 Å². The Kier molecular flexibility index (Phi) is 7.51. The molecular formula is C15H27IN4O3S. The molecule has 0 atom stereocenters. The first-order chi connectivity index (χ1) is 10.8. The number of aryl methyl sites for hydroxylation is 1. The lowest BCUT2D eigenvalue weighted by Crippen LogP contribution is -2.57. The van der Waals surface area contributed by atoms with Crippen LogP contribution in [0, 0.1) is 0 Å². The molecular weight excluding hydrogens is 443 g/mol. The van der Waals surface area contributed by atoms with Crippen molar-refractivity contribution in [3.63, 3.8) is 0 Å². The van der Waals surface area contributed by atoms with Crippen molar-refractivity contribution in [1.82, 2.24) is 15.4 Å². The van der Waals surface area contributed by atoms with Crippen molar-refractivity contribution in [3.8, 4) is 0 Å². The summed E-state index contributed by atoms with van der Waals surface area (Å²) in [5.41, 5.74) is 0.908. The third kappa shape index (κ3) is 4.84. The van der Waals surface area contributed by atoms with Gasteiger partial charge in [-0.05, 0) is 27.2 Å². The van der Waals surface area contributed by atoms with E-state index in [1.165, 1.54) is 0 Å². The lowest BCUT2D eigenvalue weighted by atomic mass is 10.2. The zero-order chi connectivity index (χ0) is 17.1. The summed E-state index contributed by atoms with van der Waals surface area (Å²) >= 11 is 0. The zero-order valence-electron chi connectivity index (χ0n) is 14.7. The molecule has 1 aliphatic heterocycles. The Labute approximate surface area is 161 Å². The molecule has 0 bridgehead atoms. The molecule has 138 valence electrons. The van der Waals surface area contributed by atoms with E-state index >= 15 is 0 Å². The molecule has 0 aliphatic carbocycles. The third-order valence-corrected chi connectivity index (χ3v) is 6.57. The maximum absolute atomic E-state index is 12.1. The minimum Gasteiger partial charge on any atom is -0.359 e. The van der Waals surface area contributed by atoms with E-state index in [9.17, 15) is 8.42 Å². The van der Waals surface area contributed by atoms with E-state index in [-0.39, 0.29) is 29.7 Å². The normalized spacial score (nSPS) is 19.7. The van der Waals surface area contributed by atoms with Gasteiger partial charge in [0, 0.05) is 25.7 Å². The van der Waals surface area contributed by atoms with E-state index in [1.807, 2.05) is 24.8 Å². The second-order valence-electron chi connectivity index (χ2n) is 6.31. The van der Waals surface area contributed by atoms with E-state index in [1.54, 1.807) is 13.8 Å². The Bertz CT molecular complexity index is 670. The SMILES string of the molecule is CCNC(=NCc1cc(CC)no1)N1CCS(=O)(=O)C(C)(C)C1.I. The van der Waals surface area contributed by atoms with Crippen LogP contribution in [0.5, 0.6) is 0 Å². The number of nitrogens with zero attached hydrogens (tertiary/aromatic N) is 3. The fourth-order valence-corrected chi connectivity index (χ4v) is 3.87. The minimum atomic E-state index is -3.06. The molecule has 2 rings (SSSR count). The van der Waals surface area contributed by atoms with Crippen LogP contribution in [0.2, 0.25) is 0 Å². The number of aromatic nitrogens is 1. The Balaban J connectivity index is 0.00000288. The van der Waals surface area contributed by atoms with Crippen LogP contribution in [0.3, 0.4) is 0 Å². The number of hydrogen-bond acceptors (Lipinski definition) is 5. The number of rotatable bonds is 4. The van der Waals surface area contributed by atoms with Crippen LogP contribution < -0.4 is 5.32 Å². The van der Waals surface area contributed by atoms with Crippen molar-refractivity contribution < 1.29 is 12.9 Å².